The van der Waals surface area contributed by atoms with Crippen LogP contribution in [-0.2, 0) is 10.1 Å². The molecular formula is C11H13N6O5P. The maximum Gasteiger partial charge on any atom is 0.325 e. The van der Waals surface area contributed by atoms with E-state index in [1.54, 1.807) is 0 Å². The molecule has 0 fully saturated rings. The summed E-state index contributed by atoms with van der Waals surface area (Å²) in [5, 5.41) is 7.12. The normalized spacial score (nSPS) is 24.2. The SMILES string of the molecule is [N-]=[N+]=NC1CCCC(CCP(=O)(O)O)(N=[N+]=[N-])c2c1c(=O)c2=O. The van der Waals surface area contributed by atoms with E-state index in [2.05, 4.69) is 20.1 Å². The van der Waals surface area contributed by atoms with Gasteiger partial charge in [0.25, 0.3) is 0 Å². The van der Waals surface area contributed by atoms with Gasteiger partial charge in [-0.25, -0.2) is 0 Å². The van der Waals surface area contributed by atoms with Gasteiger partial charge in [0, 0.05) is 21.0 Å². The highest BCUT2D eigenvalue weighted by atomic mass is 31.2. The van der Waals surface area contributed by atoms with E-state index in [1.807, 2.05) is 0 Å². The topological polar surface area (TPSA) is 189 Å². The predicted octanol–water partition coefficient (Wildman–Crippen LogP) is 1.89. The maximum absolute atomic E-state index is 12.0. The Kier molecular flexibility index (Phi) is 4.61. The lowest BCUT2D eigenvalue weighted by molar-refractivity contribution is 0.342. The highest BCUT2D eigenvalue weighted by Gasteiger charge is 2.44. The molecule has 2 unspecified atom stereocenters. The van der Waals surface area contributed by atoms with E-state index in [0.717, 1.165) is 0 Å². The molecule has 2 atom stereocenters. The largest absolute Gasteiger partial charge is 0.325 e. The smallest absolute Gasteiger partial charge is 0.324 e. The third-order valence-corrected chi connectivity index (χ3v) is 4.86. The summed E-state index contributed by atoms with van der Waals surface area (Å²) in [6.07, 6.45) is -0.0387. The molecular weight excluding hydrogens is 327 g/mol. The Morgan fingerprint density at radius 3 is 2.52 bits per heavy atom. The number of azide groups is 2. The molecule has 2 N–H and O–H groups in total. The average molecular weight is 340 g/mol. The fourth-order valence-electron chi connectivity index (χ4n) is 3.04. The quantitative estimate of drug-likeness (QED) is 0.206. The Balaban J connectivity index is 2.60. The molecule has 0 saturated heterocycles. The van der Waals surface area contributed by atoms with Crippen molar-refractivity contribution < 1.29 is 14.4 Å². The van der Waals surface area contributed by atoms with Crippen LogP contribution in [0.15, 0.2) is 19.8 Å². The van der Waals surface area contributed by atoms with E-state index in [4.69, 9.17) is 20.8 Å². The second-order valence-electron chi connectivity index (χ2n) is 5.42. The molecule has 1 aromatic rings. The first-order chi connectivity index (χ1) is 10.8. The second-order valence-corrected chi connectivity index (χ2v) is 7.20. The molecule has 12 heteroatoms. The molecule has 0 heterocycles. The molecule has 0 saturated carbocycles. The zero-order chi connectivity index (χ0) is 17.3. The molecule has 0 radical (unpaired) electrons. The van der Waals surface area contributed by atoms with Gasteiger partial charge >= 0.3 is 7.60 Å². The van der Waals surface area contributed by atoms with E-state index in [-0.39, 0.29) is 24.0 Å². The van der Waals surface area contributed by atoms with Crippen LogP contribution in [0.25, 0.3) is 20.9 Å². The van der Waals surface area contributed by atoms with E-state index in [9.17, 15) is 14.2 Å². The fourth-order valence-corrected chi connectivity index (χ4v) is 3.70. The van der Waals surface area contributed by atoms with Crippen LogP contribution in [0.4, 0.5) is 0 Å². The minimum absolute atomic E-state index is 0.00316. The Labute approximate surface area is 129 Å². The zero-order valence-electron chi connectivity index (χ0n) is 11.9. The van der Waals surface area contributed by atoms with Crippen molar-refractivity contribution in [3.05, 3.63) is 52.5 Å². The summed E-state index contributed by atoms with van der Waals surface area (Å²) in [6.45, 7) is 0. The number of nitrogens with zero attached hydrogens (tertiary/aromatic N) is 6. The van der Waals surface area contributed by atoms with Crippen LogP contribution >= 0.6 is 7.60 Å². The van der Waals surface area contributed by atoms with Gasteiger partial charge in [-0.05, 0) is 30.3 Å². The molecule has 122 valence electrons. The van der Waals surface area contributed by atoms with E-state index < -0.39 is 36.2 Å². The van der Waals surface area contributed by atoms with Crippen molar-refractivity contribution in [1.82, 2.24) is 0 Å². The van der Waals surface area contributed by atoms with Gasteiger partial charge in [0.1, 0.15) is 0 Å². The van der Waals surface area contributed by atoms with E-state index >= 15 is 0 Å². The molecule has 11 nitrogen and oxygen atoms in total. The first-order valence-corrected chi connectivity index (χ1v) is 8.54. The molecule has 1 aromatic carbocycles. The summed E-state index contributed by atoms with van der Waals surface area (Å²) in [6, 6.07) is -0.828. The van der Waals surface area contributed by atoms with E-state index in [0.29, 0.717) is 12.8 Å². The van der Waals surface area contributed by atoms with Gasteiger partial charge in [0.15, 0.2) is 0 Å². The van der Waals surface area contributed by atoms with Gasteiger partial charge in [-0.1, -0.05) is 16.6 Å². The van der Waals surface area contributed by atoms with E-state index in [1.165, 1.54) is 0 Å². The lowest BCUT2D eigenvalue weighted by atomic mass is 9.79. The highest BCUT2D eigenvalue weighted by molar-refractivity contribution is 7.51. The predicted molar refractivity (Wildman–Crippen MR) is 79.4 cm³/mol. The molecule has 2 rings (SSSR count). The van der Waals surface area contributed by atoms with Crippen LogP contribution in [0.2, 0.25) is 0 Å². The second kappa shape index (κ2) is 6.16. The number of hydrogen-bond donors (Lipinski definition) is 2. The van der Waals surface area contributed by atoms with Gasteiger partial charge in [-0.2, -0.15) is 0 Å². The first-order valence-electron chi connectivity index (χ1n) is 6.74. The van der Waals surface area contributed by atoms with Crippen LogP contribution in [0, 0.1) is 0 Å². The minimum Gasteiger partial charge on any atom is -0.324 e. The van der Waals surface area contributed by atoms with Gasteiger partial charge in [0.2, 0.25) is 10.9 Å². The van der Waals surface area contributed by atoms with Crippen LogP contribution in [0.1, 0.15) is 42.9 Å². The lowest BCUT2D eigenvalue weighted by Gasteiger charge is -2.30. The zero-order valence-corrected chi connectivity index (χ0v) is 12.8. The molecule has 1 aliphatic rings. The summed E-state index contributed by atoms with van der Waals surface area (Å²) in [7, 11) is -4.38. The fraction of sp³-hybridized carbons (Fsp3) is 0.636. The molecule has 0 spiro atoms. The van der Waals surface area contributed by atoms with Crippen LogP contribution < -0.4 is 10.9 Å². The molecule has 1 aliphatic carbocycles. The number of fused-ring (bicyclic) bond motifs is 1. The van der Waals surface area contributed by atoms with Crippen LogP contribution in [0.5, 0.6) is 0 Å². The van der Waals surface area contributed by atoms with Crippen LogP contribution in [0.3, 0.4) is 0 Å². The summed E-state index contributed by atoms with van der Waals surface area (Å²) in [5.41, 5.74) is 14.2. The minimum atomic E-state index is -4.38. The van der Waals surface area contributed by atoms with Gasteiger partial charge < -0.3 is 9.79 Å². The lowest BCUT2D eigenvalue weighted by Crippen LogP contribution is -2.47. The Morgan fingerprint density at radius 2 is 1.96 bits per heavy atom. The highest BCUT2D eigenvalue weighted by Crippen LogP contribution is 2.46. The standard InChI is InChI=1S/C11H13N6O5P/c12-16-14-6-2-1-3-11(15-17-13,4-5-23(20,21)22)8-7(6)9(18)10(8)19/h6H,1-5H2,(H2,20,21,22). The van der Waals surface area contributed by atoms with Gasteiger partial charge in [-0.3, -0.25) is 14.2 Å². The summed E-state index contributed by atoms with van der Waals surface area (Å²) in [4.78, 5) is 47.3. The maximum atomic E-state index is 12.0. The van der Waals surface area contributed by atoms with Crippen LogP contribution in [-0.4, -0.2) is 15.9 Å². The Hall–Kier alpha value is -2.15. The number of rotatable bonds is 5. The van der Waals surface area contributed by atoms with Gasteiger partial charge in [-0.15, -0.1) is 0 Å². The summed E-state index contributed by atoms with van der Waals surface area (Å²) in [5.74, 6) is 0. The van der Waals surface area contributed by atoms with Crippen molar-refractivity contribution in [2.24, 2.45) is 10.2 Å². The van der Waals surface area contributed by atoms with Gasteiger partial charge in [0.05, 0.1) is 17.7 Å². The number of hydrogen-bond acceptors (Lipinski definition) is 5. The molecule has 0 aliphatic heterocycles. The molecule has 0 aromatic heterocycles. The molecule has 23 heavy (non-hydrogen) atoms. The van der Waals surface area contributed by atoms with Crippen molar-refractivity contribution in [1.29, 1.82) is 0 Å². The third kappa shape index (κ3) is 3.14. The summed E-state index contributed by atoms with van der Waals surface area (Å²) < 4.78 is 11.2. The summed E-state index contributed by atoms with van der Waals surface area (Å²) >= 11 is 0. The van der Waals surface area contributed by atoms with Crippen molar-refractivity contribution >= 4 is 7.60 Å². The van der Waals surface area contributed by atoms with Crippen molar-refractivity contribution in [2.75, 3.05) is 6.16 Å². The monoisotopic (exact) mass is 340 g/mol. The molecule has 0 bridgehead atoms. The Bertz CT molecular complexity index is 842. The van der Waals surface area contributed by atoms with Crippen molar-refractivity contribution in [2.45, 2.75) is 37.3 Å². The van der Waals surface area contributed by atoms with Crippen molar-refractivity contribution in [3.8, 4) is 0 Å². The first kappa shape index (κ1) is 17.2. The molecule has 0 amide bonds. The third-order valence-electron chi connectivity index (χ3n) is 4.06. The van der Waals surface area contributed by atoms with Crippen molar-refractivity contribution in [3.63, 3.8) is 0 Å². The average Bonchev–Trinajstić information content (AvgIpc) is 2.61. The Morgan fingerprint density at radius 1 is 1.26 bits per heavy atom.